The van der Waals surface area contributed by atoms with E-state index in [0.717, 1.165) is 12.8 Å². The van der Waals surface area contributed by atoms with Gasteiger partial charge < -0.3 is 0 Å². The lowest BCUT2D eigenvalue weighted by atomic mass is 9.80. The Morgan fingerprint density at radius 3 is 2.33 bits per heavy atom. The fraction of sp³-hybridized carbons (Fsp3) is 0.538. The first kappa shape index (κ1) is 14.1. The third kappa shape index (κ3) is 3.27. The molecule has 5 nitrogen and oxygen atoms in total. The fourth-order valence-corrected chi connectivity index (χ4v) is 1.95. The molecule has 18 heavy (non-hydrogen) atoms. The Labute approximate surface area is 107 Å². The number of nitrogens with one attached hydrogen (secondary N) is 1. The molecule has 1 heterocycles. The highest BCUT2D eigenvalue weighted by atomic mass is 16.2. The second-order valence-corrected chi connectivity index (χ2v) is 4.22. The van der Waals surface area contributed by atoms with E-state index in [9.17, 15) is 10.1 Å². The summed E-state index contributed by atoms with van der Waals surface area (Å²) < 4.78 is 0. The predicted octanol–water partition coefficient (Wildman–Crippen LogP) is 2.53. The first-order valence-corrected chi connectivity index (χ1v) is 6.18. The molecule has 1 aromatic heterocycles. The largest absolute Gasteiger partial charge is 0.293 e. The van der Waals surface area contributed by atoms with Crippen molar-refractivity contribution in [3.05, 3.63) is 18.5 Å². The maximum atomic E-state index is 12.2. The predicted molar refractivity (Wildman–Crippen MR) is 68.5 cm³/mol. The van der Waals surface area contributed by atoms with Crippen LogP contribution in [0.1, 0.15) is 39.5 Å². The normalized spacial score (nSPS) is 10.7. The van der Waals surface area contributed by atoms with Gasteiger partial charge in [-0.05, 0) is 18.9 Å². The van der Waals surface area contributed by atoms with Crippen molar-refractivity contribution >= 4 is 11.9 Å². The van der Waals surface area contributed by atoms with E-state index in [1.165, 1.54) is 0 Å². The number of nitrogens with zero attached hydrogens (tertiary/aromatic N) is 3. The first-order valence-electron chi connectivity index (χ1n) is 6.18. The van der Waals surface area contributed by atoms with Gasteiger partial charge in [-0.2, -0.15) is 5.26 Å². The standard InChI is InChI=1S/C13H18N4O/c1-3-6-13(10-14,7-4-2)11(18)17-12-15-8-5-9-16-12/h5,8-9H,3-4,6-7H2,1-2H3,(H,15,16,17,18). The van der Waals surface area contributed by atoms with Crippen LogP contribution in [-0.2, 0) is 4.79 Å². The Hall–Kier alpha value is -1.96. The highest BCUT2D eigenvalue weighted by Crippen LogP contribution is 2.30. The van der Waals surface area contributed by atoms with Crippen LogP contribution in [0.25, 0.3) is 0 Å². The number of nitriles is 1. The molecule has 0 spiro atoms. The lowest BCUT2D eigenvalue weighted by Crippen LogP contribution is -2.35. The number of carbonyl (C=O) groups is 1. The molecule has 1 aromatic rings. The zero-order valence-electron chi connectivity index (χ0n) is 10.8. The van der Waals surface area contributed by atoms with E-state index in [0.29, 0.717) is 12.8 Å². The van der Waals surface area contributed by atoms with Crippen LogP contribution in [0.4, 0.5) is 5.95 Å². The number of amides is 1. The van der Waals surface area contributed by atoms with Gasteiger partial charge in [-0.25, -0.2) is 9.97 Å². The highest BCUT2D eigenvalue weighted by Gasteiger charge is 2.37. The third-order valence-corrected chi connectivity index (χ3v) is 2.79. The van der Waals surface area contributed by atoms with Gasteiger partial charge in [0.25, 0.3) is 0 Å². The van der Waals surface area contributed by atoms with Crippen molar-refractivity contribution in [1.29, 1.82) is 5.26 Å². The van der Waals surface area contributed by atoms with Crippen molar-refractivity contribution in [3.63, 3.8) is 0 Å². The number of aromatic nitrogens is 2. The van der Waals surface area contributed by atoms with Gasteiger partial charge in [-0.15, -0.1) is 0 Å². The van der Waals surface area contributed by atoms with Gasteiger partial charge >= 0.3 is 0 Å². The molecule has 1 N–H and O–H groups in total. The van der Waals surface area contributed by atoms with Crippen molar-refractivity contribution in [1.82, 2.24) is 9.97 Å². The Morgan fingerprint density at radius 2 is 1.89 bits per heavy atom. The highest BCUT2D eigenvalue weighted by molar-refractivity contribution is 5.95. The summed E-state index contributed by atoms with van der Waals surface area (Å²) in [6, 6.07) is 3.84. The summed E-state index contributed by atoms with van der Waals surface area (Å²) >= 11 is 0. The van der Waals surface area contributed by atoms with E-state index in [1.54, 1.807) is 18.5 Å². The smallest absolute Gasteiger partial charge is 0.247 e. The topological polar surface area (TPSA) is 78.7 Å². The van der Waals surface area contributed by atoms with Crippen LogP contribution in [0, 0.1) is 16.7 Å². The SMILES string of the molecule is CCCC(C#N)(CCC)C(=O)Nc1ncccn1. The molecule has 0 aliphatic rings. The molecule has 0 aliphatic heterocycles. The number of anilines is 1. The minimum atomic E-state index is -0.970. The van der Waals surface area contributed by atoms with E-state index in [-0.39, 0.29) is 11.9 Å². The van der Waals surface area contributed by atoms with Gasteiger partial charge in [0.15, 0.2) is 0 Å². The van der Waals surface area contributed by atoms with Gasteiger partial charge in [-0.1, -0.05) is 26.7 Å². The van der Waals surface area contributed by atoms with Crippen molar-refractivity contribution in [2.45, 2.75) is 39.5 Å². The van der Waals surface area contributed by atoms with Crippen LogP contribution in [0.2, 0.25) is 0 Å². The van der Waals surface area contributed by atoms with Gasteiger partial charge in [0.2, 0.25) is 11.9 Å². The Kier molecular flexibility index (Phi) is 5.25. The van der Waals surface area contributed by atoms with E-state index >= 15 is 0 Å². The molecule has 5 heteroatoms. The lowest BCUT2D eigenvalue weighted by molar-refractivity contribution is -0.123. The molecule has 0 saturated carbocycles. The average Bonchev–Trinajstić information content (AvgIpc) is 2.39. The van der Waals surface area contributed by atoms with E-state index in [1.807, 2.05) is 13.8 Å². The van der Waals surface area contributed by atoms with Crippen molar-refractivity contribution in [2.75, 3.05) is 5.32 Å². The maximum Gasteiger partial charge on any atom is 0.247 e. The Bertz CT molecular complexity index is 418. The summed E-state index contributed by atoms with van der Waals surface area (Å²) in [6.45, 7) is 3.93. The second-order valence-electron chi connectivity index (χ2n) is 4.22. The molecule has 1 amide bonds. The molecule has 1 rings (SSSR count). The van der Waals surface area contributed by atoms with E-state index < -0.39 is 5.41 Å². The Balaban J connectivity index is 2.86. The number of hydrogen-bond donors (Lipinski definition) is 1. The monoisotopic (exact) mass is 246 g/mol. The summed E-state index contributed by atoms with van der Waals surface area (Å²) in [5, 5.41) is 12.0. The zero-order valence-corrected chi connectivity index (χ0v) is 10.8. The van der Waals surface area contributed by atoms with E-state index in [4.69, 9.17) is 0 Å². The minimum absolute atomic E-state index is 0.245. The van der Waals surface area contributed by atoms with Crippen LogP contribution < -0.4 is 5.32 Å². The fourth-order valence-electron chi connectivity index (χ4n) is 1.95. The second kappa shape index (κ2) is 6.70. The molecule has 0 atom stereocenters. The molecular weight excluding hydrogens is 228 g/mol. The minimum Gasteiger partial charge on any atom is -0.293 e. The molecule has 0 bridgehead atoms. The van der Waals surface area contributed by atoms with Gasteiger partial charge in [0, 0.05) is 12.4 Å². The summed E-state index contributed by atoms with van der Waals surface area (Å²) in [5.74, 6) is -0.0609. The number of carbonyl (C=O) groups excluding carboxylic acids is 1. The Morgan fingerprint density at radius 1 is 1.33 bits per heavy atom. The van der Waals surface area contributed by atoms with Crippen LogP contribution in [0.3, 0.4) is 0 Å². The molecular formula is C13H18N4O. The first-order chi connectivity index (χ1) is 8.68. The number of rotatable bonds is 6. The molecule has 0 saturated heterocycles. The van der Waals surface area contributed by atoms with E-state index in [2.05, 4.69) is 21.4 Å². The molecule has 0 radical (unpaired) electrons. The zero-order chi connectivity index (χ0) is 13.4. The molecule has 0 aliphatic carbocycles. The van der Waals surface area contributed by atoms with Crippen LogP contribution >= 0.6 is 0 Å². The number of hydrogen-bond acceptors (Lipinski definition) is 4. The summed E-state index contributed by atoms with van der Waals surface area (Å²) in [7, 11) is 0. The van der Waals surface area contributed by atoms with Gasteiger partial charge in [0.05, 0.1) is 6.07 Å². The lowest BCUT2D eigenvalue weighted by Gasteiger charge is -2.23. The maximum absolute atomic E-state index is 12.2. The van der Waals surface area contributed by atoms with Crippen molar-refractivity contribution in [3.8, 4) is 6.07 Å². The van der Waals surface area contributed by atoms with Crippen molar-refractivity contribution < 1.29 is 4.79 Å². The summed E-state index contributed by atoms with van der Waals surface area (Å²) in [4.78, 5) is 20.1. The molecule has 96 valence electrons. The summed E-state index contributed by atoms with van der Waals surface area (Å²) in [5.41, 5.74) is -0.970. The quantitative estimate of drug-likeness (QED) is 0.836. The average molecular weight is 246 g/mol. The molecule has 0 fully saturated rings. The molecule has 0 aromatic carbocycles. The van der Waals surface area contributed by atoms with Crippen LogP contribution in [-0.4, -0.2) is 15.9 Å². The van der Waals surface area contributed by atoms with Gasteiger partial charge in [0.1, 0.15) is 5.41 Å². The van der Waals surface area contributed by atoms with Crippen LogP contribution in [0.15, 0.2) is 18.5 Å². The third-order valence-electron chi connectivity index (χ3n) is 2.79. The molecule has 0 unspecified atom stereocenters. The van der Waals surface area contributed by atoms with Gasteiger partial charge in [-0.3, -0.25) is 10.1 Å². The van der Waals surface area contributed by atoms with Crippen molar-refractivity contribution in [2.24, 2.45) is 5.41 Å². The van der Waals surface area contributed by atoms with Crippen LogP contribution in [0.5, 0.6) is 0 Å². The summed E-state index contributed by atoms with van der Waals surface area (Å²) in [6.07, 6.45) is 5.78.